The summed E-state index contributed by atoms with van der Waals surface area (Å²) in [7, 11) is 0. The van der Waals surface area contributed by atoms with E-state index in [0.717, 1.165) is 24.0 Å². The molecule has 1 aromatic heterocycles. The van der Waals surface area contributed by atoms with Gasteiger partial charge in [-0.2, -0.15) is 0 Å². The van der Waals surface area contributed by atoms with Gasteiger partial charge in [-0.05, 0) is 36.8 Å². The van der Waals surface area contributed by atoms with Gasteiger partial charge in [0.05, 0.1) is 22.6 Å². The maximum Gasteiger partial charge on any atom is 0.290 e. The Labute approximate surface area is 161 Å². The molecule has 3 heterocycles. The van der Waals surface area contributed by atoms with Gasteiger partial charge >= 0.3 is 0 Å². The molecular weight excluding hydrogens is 362 g/mol. The van der Waals surface area contributed by atoms with E-state index in [0.29, 0.717) is 18.0 Å². The van der Waals surface area contributed by atoms with E-state index in [-0.39, 0.29) is 17.5 Å². The Morgan fingerprint density at radius 2 is 2.19 bits per heavy atom. The lowest BCUT2D eigenvalue weighted by molar-refractivity contribution is -0.131. The van der Waals surface area contributed by atoms with Crippen LogP contribution in [0.3, 0.4) is 0 Å². The predicted molar refractivity (Wildman–Crippen MR) is 103 cm³/mol. The van der Waals surface area contributed by atoms with Crippen molar-refractivity contribution in [2.24, 2.45) is 0 Å². The number of hydrogen-bond acceptors (Lipinski definition) is 5. The first kappa shape index (κ1) is 17.9. The Morgan fingerprint density at radius 1 is 1.33 bits per heavy atom. The molecule has 4 rings (SSSR count). The molecule has 2 unspecified atom stereocenters. The Balaban J connectivity index is 1.76. The quantitative estimate of drug-likeness (QED) is 0.797. The van der Waals surface area contributed by atoms with Crippen LogP contribution in [-0.2, 0) is 9.53 Å². The van der Waals surface area contributed by atoms with Gasteiger partial charge in [-0.25, -0.2) is 0 Å². The lowest BCUT2D eigenvalue weighted by atomic mass is 9.94. The topological polar surface area (TPSA) is 66.8 Å². The summed E-state index contributed by atoms with van der Waals surface area (Å²) < 4.78 is 5.70. The maximum absolute atomic E-state index is 13.1. The van der Waals surface area contributed by atoms with Crippen molar-refractivity contribution in [1.29, 1.82) is 0 Å². The number of amides is 1. The van der Waals surface area contributed by atoms with Gasteiger partial charge in [0.1, 0.15) is 0 Å². The fourth-order valence-electron chi connectivity index (χ4n) is 3.81. The SMILES string of the molecule is Cc1cccc(C2C(C(=O)c3cccs3)=C(O)C(=O)N2CC2CCCO2)c1. The van der Waals surface area contributed by atoms with Crippen molar-refractivity contribution in [3.8, 4) is 0 Å². The number of thiophene rings is 1. The van der Waals surface area contributed by atoms with Crippen LogP contribution in [0.4, 0.5) is 0 Å². The summed E-state index contributed by atoms with van der Waals surface area (Å²) in [6.45, 7) is 3.01. The van der Waals surface area contributed by atoms with E-state index >= 15 is 0 Å². The van der Waals surface area contributed by atoms with E-state index in [1.165, 1.54) is 11.3 Å². The number of nitrogens with zero attached hydrogens (tertiary/aromatic N) is 1. The van der Waals surface area contributed by atoms with Gasteiger partial charge in [-0.3, -0.25) is 9.59 Å². The predicted octanol–water partition coefficient (Wildman–Crippen LogP) is 3.81. The summed E-state index contributed by atoms with van der Waals surface area (Å²) in [5.41, 5.74) is 2.02. The van der Waals surface area contributed by atoms with Crippen LogP contribution in [0.25, 0.3) is 0 Å². The number of aliphatic hydroxyl groups is 1. The van der Waals surface area contributed by atoms with Crippen molar-refractivity contribution in [2.75, 3.05) is 13.2 Å². The van der Waals surface area contributed by atoms with Gasteiger partial charge in [0.2, 0.25) is 5.78 Å². The minimum absolute atomic E-state index is 0.0646. The standard InChI is InChI=1S/C21H21NO4S/c1-13-5-2-6-14(11-13)18-17(19(23)16-8-4-10-27-16)20(24)21(25)22(18)12-15-7-3-9-26-15/h2,4-6,8,10-11,15,18,24H,3,7,9,12H2,1H3. The first-order chi connectivity index (χ1) is 13.1. The summed E-state index contributed by atoms with van der Waals surface area (Å²) in [6, 6.07) is 10.6. The molecule has 0 spiro atoms. The monoisotopic (exact) mass is 383 g/mol. The van der Waals surface area contributed by atoms with E-state index in [1.54, 1.807) is 17.0 Å². The van der Waals surface area contributed by atoms with Gasteiger partial charge in [0.25, 0.3) is 5.91 Å². The van der Waals surface area contributed by atoms with Crippen LogP contribution >= 0.6 is 11.3 Å². The smallest absolute Gasteiger partial charge is 0.290 e. The van der Waals surface area contributed by atoms with E-state index in [2.05, 4.69) is 0 Å². The van der Waals surface area contributed by atoms with E-state index in [1.807, 2.05) is 36.6 Å². The molecule has 0 bridgehead atoms. The van der Waals surface area contributed by atoms with Crippen molar-refractivity contribution in [1.82, 2.24) is 4.90 Å². The molecule has 2 atom stereocenters. The number of benzene rings is 1. The van der Waals surface area contributed by atoms with Gasteiger partial charge in [-0.15, -0.1) is 11.3 Å². The van der Waals surface area contributed by atoms with Crippen molar-refractivity contribution in [3.63, 3.8) is 0 Å². The first-order valence-corrected chi connectivity index (χ1v) is 9.94. The molecule has 2 aromatic rings. The second-order valence-corrected chi connectivity index (χ2v) is 7.93. The third kappa shape index (κ3) is 3.31. The zero-order valence-electron chi connectivity index (χ0n) is 15.1. The minimum atomic E-state index is -0.601. The third-order valence-corrected chi connectivity index (χ3v) is 5.94. The van der Waals surface area contributed by atoms with Gasteiger partial charge in [0, 0.05) is 13.2 Å². The molecule has 1 saturated heterocycles. The fraction of sp³-hybridized carbons (Fsp3) is 0.333. The van der Waals surface area contributed by atoms with Crippen LogP contribution in [0, 0.1) is 6.92 Å². The second-order valence-electron chi connectivity index (χ2n) is 6.98. The molecule has 1 aromatic carbocycles. The molecule has 1 amide bonds. The van der Waals surface area contributed by atoms with Gasteiger partial charge < -0.3 is 14.7 Å². The molecule has 2 aliphatic heterocycles. The summed E-state index contributed by atoms with van der Waals surface area (Å²) >= 11 is 1.31. The number of Topliss-reactive ketones (excluding diaryl/α,β-unsaturated/α-hetero) is 1. The summed E-state index contributed by atoms with van der Waals surface area (Å²) in [5, 5.41) is 12.4. The normalized spacial score (nSPS) is 22.7. The Kier molecular flexibility index (Phi) is 4.85. The molecule has 0 aliphatic carbocycles. The third-order valence-electron chi connectivity index (χ3n) is 5.08. The fourth-order valence-corrected chi connectivity index (χ4v) is 4.49. The minimum Gasteiger partial charge on any atom is -0.503 e. The molecule has 1 fully saturated rings. The number of aliphatic hydroxyl groups excluding tert-OH is 1. The number of ether oxygens (including phenoxy) is 1. The van der Waals surface area contributed by atoms with E-state index < -0.39 is 17.7 Å². The number of carbonyl (C=O) groups is 2. The largest absolute Gasteiger partial charge is 0.503 e. The average molecular weight is 383 g/mol. The van der Waals surface area contributed by atoms with Crippen molar-refractivity contribution in [2.45, 2.75) is 31.9 Å². The van der Waals surface area contributed by atoms with Crippen molar-refractivity contribution < 1.29 is 19.4 Å². The van der Waals surface area contributed by atoms with Crippen LogP contribution in [0.2, 0.25) is 0 Å². The Bertz CT molecular complexity index is 897. The molecule has 5 nitrogen and oxygen atoms in total. The van der Waals surface area contributed by atoms with Gasteiger partial charge in [-0.1, -0.05) is 35.9 Å². The molecule has 6 heteroatoms. The van der Waals surface area contributed by atoms with Crippen LogP contribution in [0.15, 0.2) is 53.1 Å². The summed E-state index contributed by atoms with van der Waals surface area (Å²) in [4.78, 5) is 28.1. The van der Waals surface area contributed by atoms with E-state index in [4.69, 9.17) is 4.74 Å². The highest BCUT2D eigenvalue weighted by Crippen LogP contribution is 2.40. The maximum atomic E-state index is 13.1. The van der Waals surface area contributed by atoms with Crippen LogP contribution in [0.5, 0.6) is 0 Å². The molecule has 2 aliphatic rings. The zero-order chi connectivity index (χ0) is 19.0. The lowest BCUT2D eigenvalue weighted by Crippen LogP contribution is -2.37. The van der Waals surface area contributed by atoms with Gasteiger partial charge in [0.15, 0.2) is 5.76 Å². The highest BCUT2D eigenvalue weighted by Gasteiger charge is 2.45. The average Bonchev–Trinajstić information content (AvgIpc) is 3.40. The Morgan fingerprint density at radius 3 is 2.85 bits per heavy atom. The highest BCUT2D eigenvalue weighted by atomic mass is 32.1. The zero-order valence-corrected chi connectivity index (χ0v) is 15.9. The van der Waals surface area contributed by atoms with Crippen molar-refractivity contribution >= 4 is 23.0 Å². The lowest BCUT2D eigenvalue weighted by Gasteiger charge is -2.29. The Hall–Kier alpha value is -2.44. The number of ketones is 1. The second kappa shape index (κ2) is 7.29. The van der Waals surface area contributed by atoms with Crippen LogP contribution in [-0.4, -0.2) is 41.0 Å². The van der Waals surface area contributed by atoms with Crippen molar-refractivity contribution in [3.05, 3.63) is 69.1 Å². The van der Waals surface area contributed by atoms with E-state index in [9.17, 15) is 14.7 Å². The first-order valence-electron chi connectivity index (χ1n) is 9.06. The number of aryl methyl sites for hydroxylation is 1. The number of hydrogen-bond donors (Lipinski definition) is 1. The van der Waals surface area contributed by atoms with Crippen LogP contribution in [0.1, 0.15) is 39.7 Å². The highest BCUT2D eigenvalue weighted by molar-refractivity contribution is 7.12. The molecule has 0 saturated carbocycles. The summed E-state index contributed by atoms with van der Waals surface area (Å²) in [6.07, 6.45) is 1.77. The number of rotatable bonds is 5. The molecule has 27 heavy (non-hydrogen) atoms. The molecular formula is C21H21NO4S. The number of carbonyl (C=O) groups excluding carboxylic acids is 2. The van der Waals surface area contributed by atoms with Crippen LogP contribution < -0.4 is 0 Å². The molecule has 140 valence electrons. The molecule has 1 N–H and O–H groups in total. The molecule has 0 radical (unpaired) electrons. The summed E-state index contributed by atoms with van der Waals surface area (Å²) in [5.74, 6) is -1.24.